The molecule has 0 aromatic heterocycles. The Hall–Kier alpha value is -1.14. The van der Waals surface area contributed by atoms with Gasteiger partial charge in [-0.25, -0.2) is 0 Å². The summed E-state index contributed by atoms with van der Waals surface area (Å²) in [5.41, 5.74) is 0. The molecule has 0 radical (unpaired) electrons. The van der Waals surface area contributed by atoms with Gasteiger partial charge in [-0.1, -0.05) is 0 Å². The summed E-state index contributed by atoms with van der Waals surface area (Å²) < 4.78 is 10.9. The third kappa shape index (κ3) is 4.18. The van der Waals surface area contributed by atoms with Crippen molar-refractivity contribution in [1.82, 2.24) is 4.90 Å². The number of nitrogens with zero attached hydrogens (tertiary/aromatic N) is 1. The molecular formula is C13H21NO5. The molecule has 0 bridgehead atoms. The number of carboxylic acid groups (broad SMARTS) is 1. The van der Waals surface area contributed by atoms with Crippen molar-refractivity contribution in [3.05, 3.63) is 0 Å². The van der Waals surface area contributed by atoms with Crippen LogP contribution in [-0.2, 0) is 19.1 Å². The zero-order valence-electron chi connectivity index (χ0n) is 11.0. The highest BCUT2D eigenvalue weighted by Crippen LogP contribution is 2.18. The summed E-state index contributed by atoms with van der Waals surface area (Å²) in [5, 5.41) is 8.77. The number of hydrogen-bond donors (Lipinski definition) is 1. The van der Waals surface area contributed by atoms with Gasteiger partial charge in [-0.05, 0) is 25.7 Å². The summed E-state index contributed by atoms with van der Waals surface area (Å²) in [5.74, 6) is -0.980. The summed E-state index contributed by atoms with van der Waals surface area (Å²) in [6, 6.07) is 0. The molecule has 2 aliphatic rings. The van der Waals surface area contributed by atoms with Crippen molar-refractivity contribution < 1.29 is 24.2 Å². The van der Waals surface area contributed by atoms with Crippen LogP contribution >= 0.6 is 0 Å². The fourth-order valence-corrected chi connectivity index (χ4v) is 2.53. The maximum absolute atomic E-state index is 12.3. The molecule has 2 rings (SSSR count). The Kier molecular flexibility index (Phi) is 5.15. The predicted octanol–water partition coefficient (Wildman–Crippen LogP) is 0.648. The van der Waals surface area contributed by atoms with E-state index in [1.807, 2.05) is 0 Å². The normalized spacial score (nSPS) is 26.5. The lowest BCUT2D eigenvalue weighted by molar-refractivity contribution is -0.144. The van der Waals surface area contributed by atoms with E-state index < -0.39 is 12.1 Å². The fourth-order valence-electron chi connectivity index (χ4n) is 2.53. The van der Waals surface area contributed by atoms with Gasteiger partial charge in [0.1, 0.15) is 6.10 Å². The quantitative estimate of drug-likeness (QED) is 0.767. The minimum atomic E-state index is -0.891. The van der Waals surface area contributed by atoms with Gasteiger partial charge in [-0.3, -0.25) is 9.59 Å². The molecule has 6 heteroatoms. The molecular weight excluding hydrogens is 250 g/mol. The van der Waals surface area contributed by atoms with Crippen LogP contribution < -0.4 is 0 Å². The number of amides is 1. The lowest BCUT2D eigenvalue weighted by atomic mass is 10.1. The number of carbonyl (C=O) groups is 2. The van der Waals surface area contributed by atoms with Crippen LogP contribution in [0.5, 0.6) is 0 Å². The summed E-state index contributed by atoms with van der Waals surface area (Å²) in [4.78, 5) is 24.6. The van der Waals surface area contributed by atoms with E-state index in [1.165, 1.54) is 0 Å². The second-order valence-electron chi connectivity index (χ2n) is 5.06. The molecule has 0 aliphatic carbocycles. The molecule has 2 unspecified atom stereocenters. The highest BCUT2D eigenvalue weighted by atomic mass is 16.5. The number of aliphatic carboxylic acids is 1. The monoisotopic (exact) mass is 271 g/mol. The topological polar surface area (TPSA) is 76.1 Å². The smallest absolute Gasteiger partial charge is 0.305 e. The Bertz CT molecular complexity index is 321. The minimum absolute atomic E-state index is 0.0365. The van der Waals surface area contributed by atoms with Crippen LogP contribution in [0.25, 0.3) is 0 Å². The molecule has 0 spiro atoms. The van der Waals surface area contributed by atoms with E-state index in [1.54, 1.807) is 4.90 Å². The number of rotatable bonds is 6. The first-order valence-electron chi connectivity index (χ1n) is 6.90. The molecule has 1 amide bonds. The van der Waals surface area contributed by atoms with E-state index in [9.17, 15) is 9.59 Å². The largest absolute Gasteiger partial charge is 0.481 e. The number of ether oxygens (including phenoxy) is 2. The van der Waals surface area contributed by atoms with Crippen LogP contribution in [0.3, 0.4) is 0 Å². The Morgan fingerprint density at radius 1 is 1.16 bits per heavy atom. The van der Waals surface area contributed by atoms with E-state index in [-0.39, 0.29) is 25.0 Å². The molecule has 2 aliphatic heterocycles. The van der Waals surface area contributed by atoms with Crippen molar-refractivity contribution in [2.45, 2.75) is 44.3 Å². The lowest BCUT2D eigenvalue weighted by Gasteiger charge is -2.27. The molecule has 6 nitrogen and oxygen atoms in total. The molecule has 0 saturated carbocycles. The Morgan fingerprint density at radius 3 is 2.47 bits per heavy atom. The Labute approximate surface area is 112 Å². The SMILES string of the molecule is O=C(O)CCN(CC1CCCO1)C(=O)C1CCCO1. The van der Waals surface area contributed by atoms with Crippen molar-refractivity contribution in [3.8, 4) is 0 Å². The van der Waals surface area contributed by atoms with E-state index in [0.717, 1.165) is 32.3 Å². The van der Waals surface area contributed by atoms with Gasteiger partial charge in [0.2, 0.25) is 0 Å². The predicted molar refractivity (Wildman–Crippen MR) is 66.8 cm³/mol. The first-order valence-corrected chi connectivity index (χ1v) is 6.90. The van der Waals surface area contributed by atoms with E-state index in [2.05, 4.69) is 0 Å². The maximum atomic E-state index is 12.3. The molecule has 19 heavy (non-hydrogen) atoms. The van der Waals surface area contributed by atoms with Crippen LogP contribution in [0.1, 0.15) is 32.1 Å². The summed E-state index contributed by atoms with van der Waals surface area (Å²) in [7, 11) is 0. The number of hydrogen-bond acceptors (Lipinski definition) is 4. The van der Waals surface area contributed by atoms with Crippen molar-refractivity contribution in [3.63, 3.8) is 0 Å². The van der Waals surface area contributed by atoms with Gasteiger partial charge in [0, 0.05) is 26.3 Å². The van der Waals surface area contributed by atoms with Gasteiger partial charge in [0.05, 0.1) is 12.5 Å². The van der Waals surface area contributed by atoms with Crippen LogP contribution in [-0.4, -0.2) is 60.4 Å². The molecule has 108 valence electrons. The third-order valence-electron chi connectivity index (χ3n) is 3.56. The van der Waals surface area contributed by atoms with Gasteiger partial charge in [-0.15, -0.1) is 0 Å². The summed E-state index contributed by atoms with van der Waals surface area (Å²) >= 11 is 0. The van der Waals surface area contributed by atoms with E-state index in [4.69, 9.17) is 14.6 Å². The average Bonchev–Trinajstić information content (AvgIpc) is 3.06. The molecule has 1 N–H and O–H groups in total. The lowest BCUT2D eigenvalue weighted by Crippen LogP contribution is -2.44. The average molecular weight is 271 g/mol. The highest BCUT2D eigenvalue weighted by molar-refractivity contribution is 5.81. The highest BCUT2D eigenvalue weighted by Gasteiger charge is 2.30. The minimum Gasteiger partial charge on any atom is -0.481 e. The van der Waals surface area contributed by atoms with E-state index in [0.29, 0.717) is 13.2 Å². The molecule has 2 saturated heterocycles. The first-order chi connectivity index (χ1) is 9.16. The van der Waals surface area contributed by atoms with Gasteiger partial charge >= 0.3 is 5.97 Å². The van der Waals surface area contributed by atoms with Crippen molar-refractivity contribution in [2.75, 3.05) is 26.3 Å². The van der Waals surface area contributed by atoms with Crippen molar-refractivity contribution in [2.24, 2.45) is 0 Å². The molecule has 2 heterocycles. The molecule has 2 atom stereocenters. The van der Waals surface area contributed by atoms with Crippen molar-refractivity contribution in [1.29, 1.82) is 0 Å². The standard InChI is InChI=1S/C13H21NO5/c15-12(16)5-6-14(9-10-3-1-7-18-10)13(17)11-4-2-8-19-11/h10-11H,1-9H2,(H,15,16). The van der Waals surface area contributed by atoms with Crippen LogP contribution in [0.4, 0.5) is 0 Å². The zero-order valence-corrected chi connectivity index (χ0v) is 11.0. The molecule has 0 aromatic rings. The van der Waals surface area contributed by atoms with Crippen LogP contribution in [0.15, 0.2) is 0 Å². The number of carboxylic acids is 1. The summed E-state index contributed by atoms with van der Waals surface area (Å²) in [6.07, 6.45) is 3.17. The maximum Gasteiger partial charge on any atom is 0.305 e. The third-order valence-corrected chi connectivity index (χ3v) is 3.56. The van der Waals surface area contributed by atoms with Crippen LogP contribution in [0.2, 0.25) is 0 Å². The second kappa shape index (κ2) is 6.86. The van der Waals surface area contributed by atoms with Crippen LogP contribution in [0, 0.1) is 0 Å². The Balaban J connectivity index is 1.90. The summed E-state index contributed by atoms with van der Waals surface area (Å²) in [6.45, 7) is 2.05. The zero-order chi connectivity index (χ0) is 13.7. The van der Waals surface area contributed by atoms with E-state index >= 15 is 0 Å². The molecule has 0 aromatic carbocycles. The number of carbonyl (C=O) groups excluding carboxylic acids is 1. The van der Waals surface area contributed by atoms with Gasteiger partial charge in [0.15, 0.2) is 0 Å². The second-order valence-corrected chi connectivity index (χ2v) is 5.06. The molecule has 2 fully saturated rings. The van der Waals surface area contributed by atoms with Gasteiger partial charge in [0.25, 0.3) is 5.91 Å². The first kappa shape index (κ1) is 14.3. The van der Waals surface area contributed by atoms with Gasteiger partial charge < -0.3 is 19.5 Å². The fraction of sp³-hybridized carbons (Fsp3) is 0.846. The van der Waals surface area contributed by atoms with Crippen molar-refractivity contribution >= 4 is 11.9 Å². The Morgan fingerprint density at radius 2 is 1.89 bits per heavy atom. The van der Waals surface area contributed by atoms with Gasteiger partial charge in [-0.2, -0.15) is 0 Å².